The molecule has 104 valence electrons. The van der Waals surface area contributed by atoms with Crippen LogP contribution in [0.2, 0.25) is 0 Å². The van der Waals surface area contributed by atoms with Crippen LogP contribution in [0, 0.1) is 0 Å². The van der Waals surface area contributed by atoms with E-state index < -0.39 is 12.1 Å². The molecule has 0 aromatic heterocycles. The fourth-order valence-electron chi connectivity index (χ4n) is 1.93. The maximum absolute atomic E-state index is 11.3. The van der Waals surface area contributed by atoms with Crippen molar-refractivity contribution in [2.45, 2.75) is 12.2 Å². The van der Waals surface area contributed by atoms with Crippen LogP contribution >= 0.6 is 15.9 Å². The van der Waals surface area contributed by atoms with Crippen LogP contribution in [-0.4, -0.2) is 49.3 Å². The number of benzene rings is 1. The number of carbonyl (C=O) groups is 1. The third-order valence-corrected chi connectivity index (χ3v) is 3.64. The number of carbonyl (C=O) groups excluding carboxylic acids is 1. The van der Waals surface area contributed by atoms with Crippen molar-refractivity contribution in [3.8, 4) is 5.75 Å². The van der Waals surface area contributed by atoms with E-state index in [1.807, 2.05) is 7.05 Å². The van der Waals surface area contributed by atoms with Gasteiger partial charge in [0.25, 0.3) is 0 Å². The number of nitrogens with zero attached hydrogens (tertiary/aromatic N) is 1. The number of rotatable bonds is 4. The maximum atomic E-state index is 11.3. The van der Waals surface area contributed by atoms with Crippen LogP contribution in [0.1, 0.15) is 11.7 Å². The molecular weight excluding hydrogens is 314 g/mol. The van der Waals surface area contributed by atoms with Crippen molar-refractivity contribution >= 4 is 21.9 Å². The smallest absolute Gasteiger partial charge is 0.339 e. The molecule has 1 aromatic rings. The lowest BCUT2D eigenvalue weighted by molar-refractivity contribution is -0.150. The van der Waals surface area contributed by atoms with Gasteiger partial charge in [0.2, 0.25) is 0 Å². The first-order valence-electron chi connectivity index (χ1n) is 5.92. The number of aliphatic hydroxyl groups is 1. The minimum Gasteiger partial charge on any atom is -0.487 e. The minimum absolute atomic E-state index is 0.192. The lowest BCUT2D eigenvalue weighted by atomic mass is 10.1. The zero-order valence-electron chi connectivity index (χ0n) is 10.8. The number of hydrogen-bond donors (Lipinski definition) is 1. The number of methoxy groups -OCH3 is 1. The Morgan fingerprint density at radius 1 is 1.53 bits per heavy atom. The first kappa shape index (κ1) is 14.3. The Morgan fingerprint density at radius 3 is 2.74 bits per heavy atom. The SMILES string of the molecule is COC(=O)C(O)c1ccc(OC2CN(C)C2)c(Br)c1. The maximum Gasteiger partial charge on any atom is 0.339 e. The highest BCUT2D eigenvalue weighted by molar-refractivity contribution is 9.10. The van der Waals surface area contributed by atoms with Crippen molar-refractivity contribution < 1.29 is 19.4 Å². The number of halogens is 1. The molecule has 1 heterocycles. The van der Waals surface area contributed by atoms with Gasteiger partial charge in [-0.05, 0) is 40.7 Å². The molecule has 0 saturated carbocycles. The predicted octanol–water partition coefficient (Wildman–Crippen LogP) is 1.35. The van der Waals surface area contributed by atoms with E-state index in [9.17, 15) is 9.90 Å². The molecule has 2 rings (SSSR count). The van der Waals surface area contributed by atoms with Crippen LogP contribution in [-0.2, 0) is 9.53 Å². The summed E-state index contributed by atoms with van der Waals surface area (Å²) in [6.45, 7) is 1.80. The first-order valence-corrected chi connectivity index (χ1v) is 6.71. The van der Waals surface area contributed by atoms with Gasteiger partial charge in [0.15, 0.2) is 6.10 Å². The van der Waals surface area contributed by atoms with Gasteiger partial charge in [-0.2, -0.15) is 0 Å². The zero-order valence-corrected chi connectivity index (χ0v) is 12.4. The summed E-state index contributed by atoms with van der Waals surface area (Å²) in [5.74, 6) is 0.0279. The van der Waals surface area contributed by atoms with E-state index in [2.05, 4.69) is 25.6 Å². The van der Waals surface area contributed by atoms with Crippen LogP contribution in [0.15, 0.2) is 22.7 Å². The average Bonchev–Trinajstić information content (AvgIpc) is 2.37. The van der Waals surface area contributed by atoms with Crippen LogP contribution in [0.5, 0.6) is 5.75 Å². The van der Waals surface area contributed by atoms with Crippen molar-refractivity contribution in [3.63, 3.8) is 0 Å². The first-order chi connectivity index (χ1) is 9.01. The summed E-state index contributed by atoms with van der Waals surface area (Å²) in [6.07, 6.45) is -1.08. The molecule has 1 saturated heterocycles. The van der Waals surface area contributed by atoms with Gasteiger partial charge in [0.05, 0.1) is 11.6 Å². The fraction of sp³-hybridized carbons (Fsp3) is 0.462. The molecular formula is C13H16BrNO4. The molecule has 1 fully saturated rings. The molecule has 0 radical (unpaired) electrons. The predicted molar refractivity (Wildman–Crippen MR) is 73.0 cm³/mol. The second-order valence-corrected chi connectivity index (χ2v) is 5.43. The molecule has 1 aliphatic rings. The third-order valence-electron chi connectivity index (χ3n) is 3.02. The zero-order chi connectivity index (χ0) is 14.0. The van der Waals surface area contributed by atoms with Gasteiger partial charge in [-0.1, -0.05) is 6.07 Å². The highest BCUT2D eigenvalue weighted by Gasteiger charge is 2.26. The summed E-state index contributed by atoms with van der Waals surface area (Å²) in [6, 6.07) is 5.06. The van der Waals surface area contributed by atoms with E-state index in [-0.39, 0.29) is 6.10 Å². The monoisotopic (exact) mass is 329 g/mol. The molecule has 0 spiro atoms. The van der Waals surface area contributed by atoms with Gasteiger partial charge < -0.3 is 14.6 Å². The third kappa shape index (κ3) is 3.26. The molecule has 5 nitrogen and oxygen atoms in total. The van der Waals surface area contributed by atoms with Gasteiger partial charge in [-0.25, -0.2) is 4.79 Å². The lowest BCUT2D eigenvalue weighted by Crippen LogP contribution is -2.51. The average molecular weight is 330 g/mol. The Hall–Kier alpha value is -1.11. The highest BCUT2D eigenvalue weighted by Crippen LogP contribution is 2.30. The van der Waals surface area contributed by atoms with Gasteiger partial charge in [-0.15, -0.1) is 0 Å². The Kier molecular flexibility index (Phi) is 4.44. The van der Waals surface area contributed by atoms with Crippen LogP contribution in [0.3, 0.4) is 0 Å². The summed E-state index contributed by atoms with van der Waals surface area (Å²) >= 11 is 3.38. The molecule has 6 heteroatoms. The van der Waals surface area contributed by atoms with Gasteiger partial charge in [0, 0.05) is 13.1 Å². The van der Waals surface area contributed by atoms with Gasteiger partial charge >= 0.3 is 5.97 Å². The summed E-state index contributed by atoms with van der Waals surface area (Å²) in [5, 5.41) is 9.74. The van der Waals surface area contributed by atoms with Crippen LogP contribution < -0.4 is 4.74 Å². The van der Waals surface area contributed by atoms with E-state index in [1.54, 1.807) is 18.2 Å². The van der Waals surface area contributed by atoms with Gasteiger partial charge in [0.1, 0.15) is 11.9 Å². The van der Waals surface area contributed by atoms with Crippen molar-refractivity contribution in [2.75, 3.05) is 27.2 Å². The molecule has 0 bridgehead atoms. The van der Waals surface area contributed by atoms with Crippen molar-refractivity contribution in [1.82, 2.24) is 4.90 Å². The number of likely N-dealkylation sites (tertiary alicyclic amines) is 1. The van der Waals surface area contributed by atoms with Crippen LogP contribution in [0.4, 0.5) is 0 Å². The highest BCUT2D eigenvalue weighted by atomic mass is 79.9. The molecule has 1 unspecified atom stereocenters. The Balaban J connectivity index is 2.06. The molecule has 1 atom stereocenters. The summed E-state index contributed by atoms with van der Waals surface area (Å²) in [7, 11) is 3.27. The number of aliphatic hydroxyl groups excluding tert-OH is 1. The van der Waals surface area contributed by atoms with E-state index in [0.29, 0.717) is 15.8 Å². The fourth-order valence-corrected chi connectivity index (χ4v) is 2.42. The quantitative estimate of drug-likeness (QED) is 0.845. The van der Waals surface area contributed by atoms with Crippen molar-refractivity contribution in [3.05, 3.63) is 28.2 Å². The standard InChI is InChI=1S/C13H16BrNO4/c1-15-6-9(7-15)19-11-4-3-8(5-10(11)14)12(16)13(17)18-2/h3-5,9,12,16H,6-7H2,1-2H3. The molecule has 1 aliphatic heterocycles. The Bertz CT molecular complexity index is 474. The normalized spacial score (nSPS) is 17.7. The van der Waals surface area contributed by atoms with Gasteiger partial charge in [-0.3, -0.25) is 4.90 Å². The second kappa shape index (κ2) is 5.90. The minimum atomic E-state index is -1.27. The number of hydrogen-bond acceptors (Lipinski definition) is 5. The van der Waals surface area contributed by atoms with Crippen molar-refractivity contribution in [2.24, 2.45) is 0 Å². The number of ether oxygens (including phenoxy) is 2. The summed E-state index contributed by atoms with van der Waals surface area (Å²) in [5.41, 5.74) is 0.469. The molecule has 1 N–H and O–H groups in total. The molecule has 19 heavy (non-hydrogen) atoms. The molecule has 1 aromatic carbocycles. The topological polar surface area (TPSA) is 59.0 Å². The van der Waals surface area contributed by atoms with E-state index >= 15 is 0 Å². The Labute approximate surface area is 120 Å². The lowest BCUT2D eigenvalue weighted by Gasteiger charge is -2.36. The molecule has 0 aliphatic carbocycles. The Morgan fingerprint density at radius 2 is 2.21 bits per heavy atom. The summed E-state index contributed by atoms with van der Waals surface area (Å²) < 4.78 is 11.0. The second-order valence-electron chi connectivity index (χ2n) is 4.58. The van der Waals surface area contributed by atoms with Crippen LogP contribution in [0.25, 0.3) is 0 Å². The van der Waals surface area contributed by atoms with E-state index in [4.69, 9.17) is 4.74 Å². The number of likely N-dealkylation sites (N-methyl/N-ethyl adjacent to an activating group) is 1. The van der Waals surface area contributed by atoms with Crippen molar-refractivity contribution in [1.29, 1.82) is 0 Å². The molecule has 0 amide bonds. The van der Waals surface area contributed by atoms with E-state index in [1.165, 1.54) is 7.11 Å². The van der Waals surface area contributed by atoms with E-state index in [0.717, 1.165) is 13.1 Å². The summed E-state index contributed by atoms with van der Waals surface area (Å²) in [4.78, 5) is 13.4. The number of esters is 1. The largest absolute Gasteiger partial charge is 0.487 e.